The summed E-state index contributed by atoms with van der Waals surface area (Å²) in [7, 11) is 5.50. The first-order chi connectivity index (χ1) is 23.4. The molecule has 0 aliphatic rings. The van der Waals surface area contributed by atoms with Gasteiger partial charge in [-0.2, -0.15) is 0 Å². The third-order valence-corrected chi connectivity index (χ3v) is 8.10. The summed E-state index contributed by atoms with van der Waals surface area (Å²) in [5.41, 5.74) is 2.77. The van der Waals surface area contributed by atoms with E-state index in [4.69, 9.17) is 4.74 Å². The summed E-state index contributed by atoms with van der Waals surface area (Å²) in [6.45, 7) is 12.1. The Kier molecular flexibility index (Phi) is 18.2. The van der Waals surface area contributed by atoms with Gasteiger partial charge in [-0.3, -0.25) is 14.4 Å². The standard InChI is InChI=1S/C32H37F2N3O4.C7H17N/c1-21-10-25(20-38)12-26(11-21)32(40)36-30(16-24-13-27(33)18-28(34)14-24)22(2)19-35-8-9-37(3)31(39)17-23-6-5-7-29(15-23)41-4;1-4-6-8(3)7-5-2/h5-7,10-15,18,20,22,30,35H,8-9,16-17,19H2,1-4H3,(H,36,40);4-7H2,1-3H3/t22?,30-;/m0./s1. The number of methoxy groups -OCH3 is 1. The maximum atomic E-state index is 13.9. The maximum absolute atomic E-state index is 13.9. The highest BCUT2D eigenvalue weighted by molar-refractivity contribution is 5.96. The molecule has 268 valence electrons. The molecule has 0 spiro atoms. The minimum Gasteiger partial charge on any atom is -0.497 e. The number of benzene rings is 3. The van der Waals surface area contributed by atoms with Crippen LogP contribution in [0, 0.1) is 24.5 Å². The first-order valence-corrected chi connectivity index (χ1v) is 17.0. The van der Waals surface area contributed by atoms with Gasteiger partial charge in [0.2, 0.25) is 5.91 Å². The number of carbonyl (C=O) groups excluding carboxylic acids is 3. The number of aryl methyl sites for hydroxylation is 1. The zero-order valence-electron chi connectivity index (χ0n) is 30.2. The van der Waals surface area contributed by atoms with Crippen LogP contribution in [0.2, 0.25) is 0 Å². The summed E-state index contributed by atoms with van der Waals surface area (Å²) in [6, 6.07) is 15.1. The highest BCUT2D eigenvalue weighted by Crippen LogP contribution is 2.17. The van der Waals surface area contributed by atoms with Crippen molar-refractivity contribution >= 4 is 18.1 Å². The Bertz CT molecular complexity index is 1460. The van der Waals surface area contributed by atoms with Gasteiger partial charge in [0.1, 0.15) is 23.7 Å². The fourth-order valence-electron chi connectivity index (χ4n) is 5.45. The van der Waals surface area contributed by atoms with Crippen LogP contribution in [0.25, 0.3) is 0 Å². The summed E-state index contributed by atoms with van der Waals surface area (Å²) >= 11 is 0. The van der Waals surface area contributed by atoms with Gasteiger partial charge in [-0.15, -0.1) is 0 Å². The van der Waals surface area contributed by atoms with Crippen LogP contribution in [0.5, 0.6) is 5.75 Å². The van der Waals surface area contributed by atoms with Crippen molar-refractivity contribution < 1.29 is 27.9 Å². The Morgan fingerprint density at radius 1 is 0.918 bits per heavy atom. The van der Waals surface area contributed by atoms with Gasteiger partial charge in [-0.05, 0) is 118 Å². The molecule has 3 aromatic rings. The predicted molar refractivity (Wildman–Crippen MR) is 192 cm³/mol. The molecule has 0 aliphatic heterocycles. The van der Waals surface area contributed by atoms with Crippen molar-refractivity contribution in [1.29, 1.82) is 0 Å². The molecule has 0 aliphatic carbocycles. The lowest BCUT2D eigenvalue weighted by molar-refractivity contribution is -0.129. The van der Waals surface area contributed by atoms with Gasteiger partial charge in [-0.1, -0.05) is 32.9 Å². The molecule has 10 heteroatoms. The topological polar surface area (TPSA) is 91.0 Å². The SMILES string of the molecule is CCCN(C)CCC.COc1cccc(CC(=O)N(C)CCNCC(C)[C@H](Cc2cc(F)cc(F)c2)NC(=O)c2cc(C)cc(C=O)c2)c1. The van der Waals surface area contributed by atoms with Gasteiger partial charge in [-0.25, -0.2) is 8.78 Å². The predicted octanol–water partition coefficient (Wildman–Crippen LogP) is 6.10. The van der Waals surface area contributed by atoms with Crippen LogP contribution in [0.15, 0.2) is 60.7 Å². The fourth-order valence-corrected chi connectivity index (χ4v) is 5.45. The number of carbonyl (C=O) groups is 3. The van der Waals surface area contributed by atoms with E-state index in [-0.39, 0.29) is 30.6 Å². The molecule has 2 N–H and O–H groups in total. The van der Waals surface area contributed by atoms with Gasteiger partial charge < -0.3 is 25.2 Å². The lowest BCUT2D eigenvalue weighted by atomic mass is 9.94. The number of aldehydes is 1. The molecule has 0 fully saturated rings. The molecule has 3 rings (SSSR count). The first kappa shape index (κ1) is 41.0. The molecule has 0 bridgehead atoms. The van der Waals surface area contributed by atoms with Gasteiger partial charge >= 0.3 is 0 Å². The first-order valence-electron chi connectivity index (χ1n) is 17.0. The molecule has 0 radical (unpaired) electrons. The zero-order valence-corrected chi connectivity index (χ0v) is 30.2. The number of likely N-dealkylation sites (N-methyl/N-ethyl adjacent to an activating group) is 1. The summed E-state index contributed by atoms with van der Waals surface area (Å²) in [5.74, 6) is -1.23. The number of rotatable bonds is 18. The number of halogens is 2. The van der Waals surface area contributed by atoms with Crippen molar-refractivity contribution in [2.45, 2.75) is 59.4 Å². The third kappa shape index (κ3) is 15.3. The van der Waals surface area contributed by atoms with Gasteiger partial charge in [0.25, 0.3) is 5.91 Å². The molecule has 8 nitrogen and oxygen atoms in total. The molecular weight excluding hydrogens is 626 g/mol. The minimum absolute atomic E-state index is 0.0285. The highest BCUT2D eigenvalue weighted by Gasteiger charge is 2.22. The van der Waals surface area contributed by atoms with Crippen LogP contribution < -0.4 is 15.4 Å². The van der Waals surface area contributed by atoms with Crippen molar-refractivity contribution in [3.05, 3.63) is 100 Å². The van der Waals surface area contributed by atoms with E-state index in [0.717, 1.165) is 17.2 Å². The van der Waals surface area contributed by atoms with E-state index >= 15 is 0 Å². The lowest BCUT2D eigenvalue weighted by Crippen LogP contribution is -2.45. The van der Waals surface area contributed by atoms with Crippen LogP contribution in [0.4, 0.5) is 8.78 Å². The van der Waals surface area contributed by atoms with Gasteiger partial charge in [0.15, 0.2) is 0 Å². The van der Waals surface area contributed by atoms with Crippen LogP contribution in [0.1, 0.15) is 71.0 Å². The molecule has 0 aromatic heterocycles. The number of hydrogen-bond acceptors (Lipinski definition) is 6. The molecule has 1 unspecified atom stereocenters. The van der Waals surface area contributed by atoms with Gasteiger partial charge in [0.05, 0.1) is 13.5 Å². The number of amides is 2. The average Bonchev–Trinajstić information content (AvgIpc) is 3.06. The summed E-state index contributed by atoms with van der Waals surface area (Å²) in [6.07, 6.45) is 3.69. The number of hydrogen-bond donors (Lipinski definition) is 2. The molecule has 2 atom stereocenters. The number of ether oxygens (including phenoxy) is 1. The smallest absolute Gasteiger partial charge is 0.251 e. The molecule has 0 saturated heterocycles. The largest absolute Gasteiger partial charge is 0.497 e. The van der Waals surface area contributed by atoms with Crippen molar-refractivity contribution in [3.63, 3.8) is 0 Å². The van der Waals surface area contributed by atoms with Crippen LogP contribution in [-0.4, -0.2) is 87.9 Å². The maximum Gasteiger partial charge on any atom is 0.251 e. The number of nitrogens with one attached hydrogen (secondary N) is 2. The van der Waals surface area contributed by atoms with E-state index in [9.17, 15) is 23.2 Å². The highest BCUT2D eigenvalue weighted by atomic mass is 19.1. The normalized spacial score (nSPS) is 12.0. The second-order valence-corrected chi connectivity index (χ2v) is 12.6. The average molecular weight is 681 g/mol. The zero-order chi connectivity index (χ0) is 36.3. The fraction of sp³-hybridized carbons (Fsp3) is 0.462. The minimum atomic E-state index is -0.688. The van der Waals surface area contributed by atoms with E-state index in [1.807, 2.05) is 31.2 Å². The van der Waals surface area contributed by atoms with Crippen molar-refractivity contribution in [3.8, 4) is 5.75 Å². The van der Waals surface area contributed by atoms with E-state index < -0.39 is 17.7 Å². The third-order valence-electron chi connectivity index (χ3n) is 8.10. The van der Waals surface area contributed by atoms with Gasteiger partial charge in [0, 0.05) is 43.4 Å². The van der Waals surface area contributed by atoms with Crippen molar-refractivity contribution in [1.82, 2.24) is 20.4 Å². The van der Waals surface area contributed by atoms with Crippen LogP contribution in [-0.2, 0) is 17.6 Å². The molecule has 3 aromatic carbocycles. The Labute approximate surface area is 291 Å². The second-order valence-electron chi connectivity index (χ2n) is 12.6. The summed E-state index contributed by atoms with van der Waals surface area (Å²) in [4.78, 5) is 41.1. The van der Waals surface area contributed by atoms with Crippen LogP contribution in [0.3, 0.4) is 0 Å². The second kappa shape index (κ2) is 21.7. The van der Waals surface area contributed by atoms with Crippen molar-refractivity contribution in [2.75, 3.05) is 53.9 Å². The van der Waals surface area contributed by atoms with E-state index in [0.29, 0.717) is 48.4 Å². The Hall–Kier alpha value is -4.15. The quantitative estimate of drug-likeness (QED) is 0.125. The molecular formula is C39H54F2N4O4. The van der Waals surface area contributed by atoms with Crippen molar-refractivity contribution in [2.24, 2.45) is 5.92 Å². The molecule has 49 heavy (non-hydrogen) atoms. The Morgan fingerprint density at radius 2 is 1.59 bits per heavy atom. The molecule has 0 saturated carbocycles. The van der Waals surface area contributed by atoms with Crippen LogP contribution >= 0.6 is 0 Å². The summed E-state index contributed by atoms with van der Waals surface area (Å²) < 4.78 is 33.0. The van der Waals surface area contributed by atoms with E-state index in [1.165, 1.54) is 44.1 Å². The Balaban J connectivity index is 0.000000924. The summed E-state index contributed by atoms with van der Waals surface area (Å²) in [5, 5.41) is 6.31. The Morgan fingerprint density at radius 3 is 2.20 bits per heavy atom. The molecule has 2 amide bonds. The monoisotopic (exact) mass is 680 g/mol. The van der Waals surface area contributed by atoms with E-state index in [1.54, 1.807) is 38.1 Å². The molecule has 0 heterocycles. The number of nitrogens with zero attached hydrogens (tertiary/aromatic N) is 2. The lowest BCUT2D eigenvalue weighted by Gasteiger charge is -2.27. The van der Waals surface area contributed by atoms with E-state index in [2.05, 4.69) is 36.4 Å².